The van der Waals surface area contributed by atoms with Crippen molar-refractivity contribution in [3.63, 3.8) is 0 Å². The Balaban J connectivity index is 1.75. The number of benzene rings is 3. The third kappa shape index (κ3) is 7.66. The van der Waals surface area contributed by atoms with E-state index in [1.54, 1.807) is 36.4 Å². The lowest BCUT2D eigenvalue weighted by atomic mass is 10.0. The summed E-state index contributed by atoms with van der Waals surface area (Å²) >= 11 is 12.6. The van der Waals surface area contributed by atoms with E-state index in [1.165, 1.54) is 37.0 Å². The lowest BCUT2D eigenvalue weighted by Gasteiger charge is -2.17. The van der Waals surface area contributed by atoms with Crippen molar-refractivity contribution >= 4 is 57.6 Å². The molecular weight excluding hydrogens is 560 g/mol. The molecule has 0 spiro atoms. The summed E-state index contributed by atoms with van der Waals surface area (Å²) in [6, 6.07) is 16.0. The number of sulfone groups is 1. The highest BCUT2D eigenvalue weighted by molar-refractivity contribution is 7.90. The Morgan fingerprint density at radius 3 is 2.19 bits per heavy atom. The van der Waals surface area contributed by atoms with E-state index in [0.717, 1.165) is 6.26 Å². The molecule has 0 radical (unpaired) electrons. The first-order valence-corrected chi connectivity index (χ1v) is 15.6. The summed E-state index contributed by atoms with van der Waals surface area (Å²) < 4.78 is 42.1. The van der Waals surface area contributed by atoms with E-state index in [9.17, 15) is 27.7 Å². The lowest BCUT2D eigenvalue weighted by Crippen LogP contribution is -2.42. The standard InChI is InChI=1S/C25H24Cl2NO7PS/c1-36(32,18-8-4-3-5-9-18)35-15-17-12-20(26)23(21(27)13-17)24(29)28-22(25(30)31)14-16-7-6-10-19(11-16)37(2,33)34/h3-13,22H,14-15H2,1-2H3,(H,28,29)(H,30,31). The van der Waals surface area contributed by atoms with Gasteiger partial charge < -0.3 is 14.9 Å². The number of nitrogens with one attached hydrogen (secondary N) is 1. The molecule has 37 heavy (non-hydrogen) atoms. The summed E-state index contributed by atoms with van der Waals surface area (Å²) in [5.41, 5.74) is 0.741. The van der Waals surface area contributed by atoms with E-state index in [-0.39, 0.29) is 33.5 Å². The number of rotatable bonds is 10. The quantitative estimate of drug-likeness (QED) is 0.334. The molecule has 0 saturated carbocycles. The van der Waals surface area contributed by atoms with Crippen molar-refractivity contribution in [2.75, 3.05) is 12.9 Å². The number of carboxylic acid groups (broad SMARTS) is 1. The Kier molecular flexibility index (Phi) is 9.21. The minimum absolute atomic E-state index is 0.0354. The first-order valence-electron chi connectivity index (χ1n) is 10.9. The third-order valence-corrected chi connectivity index (χ3v) is 8.97. The topological polar surface area (TPSA) is 127 Å². The van der Waals surface area contributed by atoms with Crippen molar-refractivity contribution < 1.29 is 32.2 Å². The molecule has 0 aliphatic rings. The fourth-order valence-electron chi connectivity index (χ4n) is 3.47. The van der Waals surface area contributed by atoms with Crippen LogP contribution < -0.4 is 10.6 Å². The van der Waals surface area contributed by atoms with Gasteiger partial charge in [-0.1, -0.05) is 53.5 Å². The molecule has 0 heterocycles. The first kappa shape index (κ1) is 28.9. The lowest BCUT2D eigenvalue weighted by molar-refractivity contribution is -0.139. The molecule has 2 unspecified atom stereocenters. The largest absolute Gasteiger partial charge is 0.480 e. The van der Waals surface area contributed by atoms with E-state index >= 15 is 0 Å². The summed E-state index contributed by atoms with van der Waals surface area (Å²) in [5, 5.41) is 12.5. The van der Waals surface area contributed by atoms with Crippen LogP contribution in [0.1, 0.15) is 21.5 Å². The van der Waals surface area contributed by atoms with Crippen LogP contribution in [0.25, 0.3) is 0 Å². The van der Waals surface area contributed by atoms with Gasteiger partial charge in [-0.3, -0.25) is 9.36 Å². The predicted octanol–water partition coefficient (Wildman–Crippen LogP) is 4.57. The first-order chi connectivity index (χ1) is 17.3. The van der Waals surface area contributed by atoms with Gasteiger partial charge in [0.15, 0.2) is 9.84 Å². The molecule has 2 atom stereocenters. The molecule has 3 aromatic rings. The molecule has 0 fully saturated rings. The number of halogens is 2. The van der Waals surface area contributed by atoms with E-state index < -0.39 is 35.1 Å². The van der Waals surface area contributed by atoms with Crippen molar-refractivity contribution in [2.45, 2.75) is 24.0 Å². The Hall–Kier alpha value is -2.68. The van der Waals surface area contributed by atoms with Crippen molar-refractivity contribution in [2.24, 2.45) is 0 Å². The van der Waals surface area contributed by atoms with Crippen LogP contribution in [-0.4, -0.2) is 44.4 Å². The Labute approximate surface area is 224 Å². The van der Waals surface area contributed by atoms with Gasteiger partial charge >= 0.3 is 5.97 Å². The zero-order valence-corrected chi connectivity index (χ0v) is 23.1. The molecule has 3 aromatic carbocycles. The molecule has 3 rings (SSSR count). The van der Waals surface area contributed by atoms with Gasteiger partial charge in [0, 0.05) is 24.6 Å². The molecule has 0 aliphatic carbocycles. The zero-order chi connectivity index (χ0) is 27.4. The normalized spacial score (nSPS) is 13.9. The van der Waals surface area contributed by atoms with Gasteiger partial charge in [0.2, 0.25) is 7.37 Å². The molecule has 12 heteroatoms. The fraction of sp³-hybridized carbons (Fsp3) is 0.200. The van der Waals surface area contributed by atoms with Crippen LogP contribution in [0.5, 0.6) is 0 Å². The van der Waals surface area contributed by atoms with Crippen molar-refractivity contribution in [1.29, 1.82) is 0 Å². The summed E-state index contributed by atoms with van der Waals surface area (Å²) in [6.45, 7) is 1.41. The van der Waals surface area contributed by atoms with Crippen molar-refractivity contribution in [3.05, 3.63) is 93.5 Å². The maximum absolute atomic E-state index is 12.9. The molecule has 1 amide bonds. The number of carbonyl (C=O) groups excluding carboxylic acids is 1. The number of carboxylic acids is 1. The summed E-state index contributed by atoms with van der Waals surface area (Å²) in [7, 11) is -6.61. The molecule has 2 N–H and O–H groups in total. The number of hydrogen-bond donors (Lipinski definition) is 2. The second-order valence-electron chi connectivity index (χ2n) is 8.38. The molecule has 0 bridgehead atoms. The van der Waals surface area contributed by atoms with E-state index in [1.807, 2.05) is 0 Å². The summed E-state index contributed by atoms with van der Waals surface area (Å²) in [5.74, 6) is -2.14. The van der Waals surface area contributed by atoms with Gasteiger partial charge in [0.25, 0.3) is 5.91 Å². The van der Waals surface area contributed by atoms with Gasteiger partial charge in [-0.15, -0.1) is 0 Å². The average Bonchev–Trinajstić information content (AvgIpc) is 2.82. The van der Waals surface area contributed by atoms with Gasteiger partial charge in [0.1, 0.15) is 6.04 Å². The van der Waals surface area contributed by atoms with Crippen molar-refractivity contribution in [3.8, 4) is 0 Å². The van der Waals surface area contributed by atoms with E-state index in [0.29, 0.717) is 16.4 Å². The fourth-order valence-corrected chi connectivity index (χ4v) is 6.12. The van der Waals surface area contributed by atoms with Gasteiger partial charge in [0.05, 0.1) is 27.1 Å². The Morgan fingerprint density at radius 2 is 1.62 bits per heavy atom. The van der Waals surface area contributed by atoms with Crippen LogP contribution in [0.2, 0.25) is 10.0 Å². The number of hydrogen-bond acceptors (Lipinski definition) is 6. The summed E-state index contributed by atoms with van der Waals surface area (Å²) in [6.07, 6.45) is 0.874. The highest BCUT2D eigenvalue weighted by atomic mass is 35.5. The molecule has 0 saturated heterocycles. The highest BCUT2D eigenvalue weighted by Crippen LogP contribution is 2.42. The second-order valence-corrected chi connectivity index (χ2v) is 13.7. The number of amides is 1. The average molecular weight is 584 g/mol. The summed E-state index contributed by atoms with van der Waals surface area (Å²) in [4.78, 5) is 24.8. The smallest absolute Gasteiger partial charge is 0.326 e. The van der Waals surface area contributed by atoms with Crippen LogP contribution in [-0.2, 0) is 36.7 Å². The second kappa shape index (κ2) is 11.8. The Bertz CT molecular complexity index is 1460. The highest BCUT2D eigenvalue weighted by Gasteiger charge is 2.25. The monoisotopic (exact) mass is 583 g/mol. The molecule has 8 nitrogen and oxygen atoms in total. The minimum Gasteiger partial charge on any atom is -0.480 e. The van der Waals surface area contributed by atoms with Crippen LogP contribution in [0.3, 0.4) is 0 Å². The van der Waals surface area contributed by atoms with E-state index in [2.05, 4.69) is 5.32 Å². The molecule has 0 aromatic heterocycles. The van der Waals surface area contributed by atoms with Crippen molar-refractivity contribution in [1.82, 2.24) is 5.32 Å². The minimum atomic E-state index is -3.49. The number of aliphatic carboxylic acids is 1. The maximum Gasteiger partial charge on any atom is 0.326 e. The predicted molar refractivity (Wildman–Crippen MR) is 143 cm³/mol. The SMILES string of the molecule is CP(=O)(OCc1cc(Cl)c(C(=O)NC(Cc2cccc(S(C)(=O)=O)c2)C(=O)O)c(Cl)c1)c1ccccc1. The van der Waals surface area contributed by atoms with Gasteiger partial charge in [-0.2, -0.15) is 0 Å². The Morgan fingerprint density at radius 1 is 1.00 bits per heavy atom. The maximum atomic E-state index is 12.9. The van der Waals surface area contributed by atoms with Crippen LogP contribution in [0.15, 0.2) is 71.6 Å². The number of carbonyl (C=O) groups is 2. The zero-order valence-electron chi connectivity index (χ0n) is 19.9. The molecular formula is C25H24Cl2NO7PS. The molecule has 0 aliphatic heterocycles. The van der Waals surface area contributed by atoms with Gasteiger partial charge in [-0.05, 0) is 47.5 Å². The van der Waals surface area contributed by atoms with Crippen LogP contribution >= 0.6 is 30.6 Å². The van der Waals surface area contributed by atoms with Gasteiger partial charge in [-0.25, -0.2) is 13.2 Å². The third-order valence-electron chi connectivity index (χ3n) is 5.40. The van der Waals surface area contributed by atoms with Crippen LogP contribution in [0.4, 0.5) is 0 Å². The van der Waals surface area contributed by atoms with E-state index in [4.69, 9.17) is 27.7 Å². The van der Waals surface area contributed by atoms with Crippen LogP contribution in [0, 0.1) is 0 Å². The molecule has 196 valence electrons.